The third kappa shape index (κ3) is 2.94. The van der Waals surface area contributed by atoms with E-state index in [1.54, 1.807) is 6.07 Å². The Morgan fingerprint density at radius 1 is 1.19 bits per heavy atom. The van der Waals surface area contributed by atoms with Crippen LogP contribution in [0.15, 0.2) is 39.2 Å². The van der Waals surface area contributed by atoms with Gasteiger partial charge < -0.3 is 9.73 Å². The molecular weight excluding hydrogens is 313 g/mol. The summed E-state index contributed by atoms with van der Waals surface area (Å²) in [6.45, 7) is 0.584. The lowest BCUT2D eigenvalue weighted by molar-refractivity contribution is 0.520. The normalized spacial score (nSPS) is 10.4. The van der Waals surface area contributed by atoms with E-state index in [-0.39, 0.29) is 0 Å². The molecule has 0 aliphatic rings. The van der Waals surface area contributed by atoms with Gasteiger partial charge in [0.25, 0.3) is 0 Å². The van der Waals surface area contributed by atoms with Crippen molar-refractivity contribution >= 4 is 44.8 Å². The number of anilines is 1. The summed E-state index contributed by atoms with van der Waals surface area (Å²) in [7, 11) is 0. The van der Waals surface area contributed by atoms with Crippen LogP contribution in [0.2, 0.25) is 10.2 Å². The summed E-state index contributed by atoms with van der Waals surface area (Å²) in [4.78, 5) is 0. The molecule has 2 aromatic rings. The first-order chi connectivity index (χ1) is 7.65. The van der Waals surface area contributed by atoms with Crippen LogP contribution in [0, 0.1) is 0 Å². The topological polar surface area (TPSA) is 25.2 Å². The summed E-state index contributed by atoms with van der Waals surface area (Å²) in [5.41, 5.74) is 0.962. The van der Waals surface area contributed by atoms with Crippen LogP contribution in [0.5, 0.6) is 0 Å². The summed E-state index contributed by atoms with van der Waals surface area (Å²) < 4.78 is 6.08. The van der Waals surface area contributed by atoms with Gasteiger partial charge in [0.05, 0.1) is 11.6 Å². The summed E-state index contributed by atoms with van der Waals surface area (Å²) in [6.07, 6.45) is 0. The number of nitrogens with one attached hydrogen (secondary N) is 1. The molecule has 0 aliphatic carbocycles. The van der Waals surface area contributed by atoms with Crippen LogP contribution in [0.4, 0.5) is 5.69 Å². The smallest absolute Gasteiger partial charge is 0.193 e. The van der Waals surface area contributed by atoms with Crippen molar-refractivity contribution in [2.75, 3.05) is 5.32 Å². The van der Waals surface area contributed by atoms with E-state index in [2.05, 4.69) is 21.2 Å². The maximum Gasteiger partial charge on any atom is 0.193 e. The minimum atomic E-state index is 0.397. The van der Waals surface area contributed by atoms with Gasteiger partial charge in [0.1, 0.15) is 5.76 Å². The van der Waals surface area contributed by atoms with Gasteiger partial charge >= 0.3 is 0 Å². The number of rotatable bonds is 3. The van der Waals surface area contributed by atoms with Crippen LogP contribution in [-0.2, 0) is 6.54 Å². The highest BCUT2D eigenvalue weighted by molar-refractivity contribution is 9.10. The van der Waals surface area contributed by atoms with E-state index >= 15 is 0 Å². The van der Waals surface area contributed by atoms with Gasteiger partial charge in [-0.2, -0.15) is 0 Å². The molecule has 84 valence electrons. The standard InChI is InChI=1S/C11H8BrCl2NO/c12-9-5-7(1-3-10(9)13)15-6-8-2-4-11(14)16-8/h1-5,15H,6H2. The lowest BCUT2D eigenvalue weighted by Crippen LogP contribution is -1.97. The SMILES string of the molecule is Clc1ccc(CNc2ccc(Cl)c(Br)c2)o1. The van der Waals surface area contributed by atoms with E-state index in [0.29, 0.717) is 16.8 Å². The molecule has 1 heterocycles. The van der Waals surface area contributed by atoms with E-state index in [1.165, 1.54) is 0 Å². The number of benzene rings is 1. The largest absolute Gasteiger partial charge is 0.448 e. The molecule has 2 nitrogen and oxygen atoms in total. The first-order valence-electron chi connectivity index (χ1n) is 4.58. The fourth-order valence-electron chi connectivity index (χ4n) is 1.24. The molecule has 0 atom stereocenters. The molecule has 0 saturated heterocycles. The summed E-state index contributed by atoms with van der Waals surface area (Å²) in [5.74, 6) is 0.788. The zero-order chi connectivity index (χ0) is 11.5. The van der Waals surface area contributed by atoms with E-state index in [0.717, 1.165) is 15.9 Å². The molecule has 1 N–H and O–H groups in total. The van der Waals surface area contributed by atoms with Crippen LogP contribution in [0.25, 0.3) is 0 Å². The fourth-order valence-corrected chi connectivity index (χ4v) is 1.90. The van der Waals surface area contributed by atoms with Crippen LogP contribution in [0.1, 0.15) is 5.76 Å². The Labute approximate surface area is 112 Å². The van der Waals surface area contributed by atoms with Crippen molar-refractivity contribution in [2.45, 2.75) is 6.54 Å². The van der Waals surface area contributed by atoms with Gasteiger partial charge in [-0.15, -0.1) is 0 Å². The monoisotopic (exact) mass is 319 g/mol. The highest BCUT2D eigenvalue weighted by Gasteiger charge is 2.01. The molecule has 1 aromatic heterocycles. The van der Waals surface area contributed by atoms with Gasteiger partial charge in [0.15, 0.2) is 5.22 Å². The van der Waals surface area contributed by atoms with Crippen LogP contribution < -0.4 is 5.32 Å². The van der Waals surface area contributed by atoms with E-state index in [1.807, 2.05) is 24.3 Å². The predicted octanol–water partition coefficient (Wildman–Crippen LogP) is 4.96. The number of hydrogen-bond acceptors (Lipinski definition) is 2. The summed E-state index contributed by atoms with van der Waals surface area (Å²) in [6, 6.07) is 9.18. The zero-order valence-corrected chi connectivity index (χ0v) is 11.2. The second kappa shape index (κ2) is 5.13. The minimum Gasteiger partial charge on any atom is -0.448 e. The average molecular weight is 321 g/mol. The van der Waals surface area contributed by atoms with Crippen LogP contribution in [-0.4, -0.2) is 0 Å². The van der Waals surface area contributed by atoms with Crippen molar-refractivity contribution in [3.8, 4) is 0 Å². The highest BCUT2D eigenvalue weighted by Crippen LogP contribution is 2.26. The van der Waals surface area contributed by atoms with Crippen molar-refractivity contribution in [3.05, 3.63) is 50.8 Å². The van der Waals surface area contributed by atoms with Crippen molar-refractivity contribution in [1.29, 1.82) is 0 Å². The minimum absolute atomic E-state index is 0.397. The number of halogens is 3. The maximum atomic E-state index is 5.89. The molecule has 2 rings (SSSR count). The van der Waals surface area contributed by atoms with Crippen LogP contribution in [0.3, 0.4) is 0 Å². The summed E-state index contributed by atoms with van der Waals surface area (Å²) >= 11 is 14.9. The lowest BCUT2D eigenvalue weighted by Gasteiger charge is -2.05. The van der Waals surface area contributed by atoms with E-state index < -0.39 is 0 Å². The molecule has 0 amide bonds. The van der Waals surface area contributed by atoms with Gasteiger partial charge in [-0.3, -0.25) is 0 Å². The Morgan fingerprint density at radius 2 is 2.00 bits per heavy atom. The zero-order valence-electron chi connectivity index (χ0n) is 8.14. The molecule has 0 aliphatic heterocycles. The predicted molar refractivity (Wildman–Crippen MR) is 70.2 cm³/mol. The Balaban J connectivity index is 2.02. The van der Waals surface area contributed by atoms with E-state index in [4.69, 9.17) is 27.6 Å². The second-order valence-corrected chi connectivity index (χ2v) is 4.82. The van der Waals surface area contributed by atoms with Gasteiger partial charge in [0, 0.05) is 10.2 Å². The van der Waals surface area contributed by atoms with Crippen molar-refractivity contribution in [2.24, 2.45) is 0 Å². The van der Waals surface area contributed by atoms with Gasteiger partial charge in [-0.1, -0.05) is 11.6 Å². The molecule has 0 saturated carbocycles. The van der Waals surface area contributed by atoms with Crippen molar-refractivity contribution in [1.82, 2.24) is 0 Å². The third-order valence-corrected chi connectivity index (χ3v) is 3.43. The summed E-state index contributed by atoms with van der Waals surface area (Å²) in [5, 5.41) is 4.29. The molecule has 5 heteroatoms. The first-order valence-corrected chi connectivity index (χ1v) is 6.13. The number of furan rings is 1. The molecule has 0 unspecified atom stereocenters. The Bertz CT molecular complexity index is 498. The Morgan fingerprint density at radius 3 is 2.62 bits per heavy atom. The first kappa shape index (κ1) is 11.8. The highest BCUT2D eigenvalue weighted by atomic mass is 79.9. The maximum absolute atomic E-state index is 5.89. The van der Waals surface area contributed by atoms with Gasteiger partial charge in [0.2, 0.25) is 0 Å². The molecule has 0 radical (unpaired) electrons. The molecule has 0 bridgehead atoms. The molecule has 16 heavy (non-hydrogen) atoms. The fraction of sp³-hybridized carbons (Fsp3) is 0.0909. The Kier molecular flexibility index (Phi) is 3.79. The van der Waals surface area contributed by atoms with E-state index in [9.17, 15) is 0 Å². The van der Waals surface area contributed by atoms with Crippen LogP contribution >= 0.6 is 39.1 Å². The van der Waals surface area contributed by atoms with Crippen molar-refractivity contribution in [3.63, 3.8) is 0 Å². The van der Waals surface area contributed by atoms with Gasteiger partial charge in [-0.25, -0.2) is 0 Å². The third-order valence-electron chi connectivity index (χ3n) is 2.02. The molecule has 0 fully saturated rings. The Hall–Kier alpha value is -0.640. The number of hydrogen-bond donors (Lipinski definition) is 1. The molecule has 1 aromatic carbocycles. The second-order valence-electron chi connectivity index (χ2n) is 3.19. The lowest BCUT2D eigenvalue weighted by atomic mass is 10.3. The van der Waals surface area contributed by atoms with Crippen molar-refractivity contribution < 1.29 is 4.42 Å². The average Bonchev–Trinajstić information content (AvgIpc) is 2.66. The quantitative estimate of drug-likeness (QED) is 0.864. The molecule has 0 spiro atoms. The van der Waals surface area contributed by atoms with Gasteiger partial charge in [-0.05, 0) is 57.9 Å². The molecular formula is C11H8BrCl2NO.